The number of ether oxygens (including phenoxy) is 2. The van der Waals surface area contributed by atoms with Crippen LogP contribution in [0.1, 0.15) is 44.2 Å². The molecule has 2 rings (SSSR count). The predicted octanol–water partition coefficient (Wildman–Crippen LogP) is 3.04. The van der Waals surface area contributed by atoms with Crippen LogP contribution in [0.25, 0.3) is 0 Å². The van der Waals surface area contributed by atoms with Crippen molar-refractivity contribution in [2.24, 2.45) is 0 Å². The summed E-state index contributed by atoms with van der Waals surface area (Å²) in [5.74, 6) is 1.39. The minimum Gasteiger partial charge on any atom is -0.488 e. The van der Waals surface area contributed by atoms with Crippen molar-refractivity contribution in [2.75, 3.05) is 6.61 Å². The highest BCUT2D eigenvalue weighted by Gasteiger charge is 2.42. The third-order valence-electron chi connectivity index (χ3n) is 3.73. The zero-order valence-corrected chi connectivity index (χ0v) is 12.2. The van der Waals surface area contributed by atoms with Gasteiger partial charge in [0.15, 0.2) is 0 Å². The Bertz CT molecular complexity index is 428. The fourth-order valence-corrected chi connectivity index (χ4v) is 2.63. The van der Waals surface area contributed by atoms with Crippen LogP contribution in [0.3, 0.4) is 0 Å². The average molecular weight is 264 g/mol. The van der Waals surface area contributed by atoms with Gasteiger partial charge in [-0.2, -0.15) is 0 Å². The molecule has 3 heteroatoms. The number of hydrogen-bond donors (Lipinski definition) is 1. The van der Waals surface area contributed by atoms with Gasteiger partial charge < -0.3 is 14.6 Å². The van der Waals surface area contributed by atoms with E-state index >= 15 is 0 Å². The molecule has 3 atom stereocenters. The first-order chi connectivity index (χ1) is 9.02. The number of hydrogen-bond acceptors (Lipinski definition) is 3. The summed E-state index contributed by atoms with van der Waals surface area (Å²) in [7, 11) is 0. The average Bonchev–Trinajstić information content (AvgIpc) is 2.35. The Balaban J connectivity index is 2.02. The van der Waals surface area contributed by atoms with Crippen LogP contribution in [0.15, 0.2) is 18.2 Å². The van der Waals surface area contributed by atoms with Crippen LogP contribution in [-0.4, -0.2) is 30.0 Å². The van der Waals surface area contributed by atoms with Crippen molar-refractivity contribution in [1.82, 2.24) is 0 Å². The summed E-state index contributed by atoms with van der Waals surface area (Å²) in [6.07, 6.45) is 0.0469. The molecule has 1 fully saturated rings. The summed E-state index contributed by atoms with van der Waals surface area (Å²) in [5.41, 5.74) is 2.60. The van der Waals surface area contributed by atoms with Crippen molar-refractivity contribution >= 4 is 0 Å². The van der Waals surface area contributed by atoms with E-state index < -0.39 is 0 Å². The molecule has 1 aliphatic carbocycles. The molecule has 1 aliphatic rings. The first-order valence-corrected chi connectivity index (χ1v) is 7.09. The molecule has 0 saturated heterocycles. The van der Waals surface area contributed by atoms with E-state index in [9.17, 15) is 5.11 Å². The van der Waals surface area contributed by atoms with Gasteiger partial charge >= 0.3 is 0 Å². The molecule has 3 nitrogen and oxygen atoms in total. The van der Waals surface area contributed by atoms with E-state index in [0.717, 1.165) is 5.75 Å². The van der Waals surface area contributed by atoms with Crippen LogP contribution in [-0.2, 0) is 4.74 Å². The van der Waals surface area contributed by atoms with Gasteiger partial charge in [-0.25, -0.2) is 0 Å². The highest BCUT2D eigenvalue weighted by atomic mass is 16.6. The normalized spacial score (nSPS) is 26.3. The number of benzene rings is 1. The van der Waals surface area contributed by atoms with E-state index in [2.05, 4.69) is 32.9 Å². The lowest BCUT2D eigenvalue weighted by Gasteiger charge is -2.40. The van der Waals surface area contributed by atoms with Gasteiger partial charge in [0.25, 0.3) is 0 Å². The Labute approximate surface area is 115 Å². The lowest BCUT2D eigenvalue weighted by molar-refractivity contribution is -0.160. The van der Waals surface area contributed by atoms with Gasteiger partial charge in [0.1, 0.15) is 18.0 Å². The van der Waals surface area contributed by atoms with E-state index in [1.165, 1.54) is 11.1 Å². The van der Waals surface area contributed by atoms with Crippen LogP contribution in [0, 0.1) is 6.92 Å². The third-order valence-corrected chi connectivity index (χ3v) is 3.73. The SMILES string of the molecule is CCOC1C(O)CC1Oc1ccc(C(C)C)c(C)c1. The van der Waals surface area contributed by atoms with Gasteiger partial charge in [-0.3, -0.25) is 0 Å². The molecule has 0 spiro atoms. The van der Waals surface area contributed by atoms with Gasteiger partial charge in [0.05, 0.1) is 6.10 Å². The van der Waals surface area contributed by atoms with E-state index in [4.69, 9.17) is 9.47 Å². The summed E-state index contributed by atoms with van der Waals surface area (Å²) in [6.45, 7) is 9.03. The predicted molar refractivity (Wildman–Crippen MR) is 75.7 cm³/mol. The maximum atomic E-state index is 9.65. The Morgan fingerprint density at radius 3 is 2.63 bits per heavy atom. The molecule has 0 heterocycles. The molecular formula is C16H24O3. The highest BCUT2D eigenvalue weighted by molar-refractivity contribution is 5.36. The summed E-state index contributed by atoms with van der Waals surface area (Å²) < 4.78 is 11.4. The van der Waals surface area contributed by atoms with Crippen LogP contribution in [0.5, 0.6) is 5.75 Å². The molecule has 106 valence electrons. The minimum atomic E-state index is -0.388. The summed E-state index contributed by atoms with van der Waals surface area (Å²) in [6, 6.07) is 6.21. The smallest absolute Gasteiger partial charge is 0.130 e. The number of aliphatic hydroxyl groups is 1. The zero-order valence-electron chi connectivity index (χ0n) is 12.2. The lowest BCUT2D eigenvalue weighted by Crippen LogP contribution is -2.55. The third kappa shape index (κ3) is 3.10. The molecule has 0 aromatic heterocycles. The zero-order chi connectivity index (χ0) is 14.0. The van der Waals surface area contributed by atoms with E-state index in [0.29, 0.717) is 18.9 Å². The molecule has 0 radical (unpaired) electrons. The molecule has 1 aromatic carbocycles. The van der Waals surface area contributed by atoms with Gasteiger partial charge in [-0.1, -0.05) is 19.9 Å². The highest BCUT2D eigenvalue weighted by Crippen LogP contribution is 2.30. The molecule has 19 heavy (non-hydrogen) atoms. The Morgan fingerprint density at radius 2 is 2.11 bits per heavy atom. The quantitative estimate of drug-likeness (QED) is 0.888. The summed E-state index contributed by atoms with van der Waals surface area (Å²) >= 11 is 0. The van der Waals surface area contributed by atoms with Gasteiger partial charge in [-0.15, -0.1) is 0 Å². The molecule has 1 saturated carbocycles. The van der Waals surface area contributed by atoms with Crippen molar-refractivity contribution in [3.05, 3.63) is 29.3 Å². The fraction of sp³-hybridized carbons (Fsp3) is 0.625. The van der Waals surface area contributed by atoms with E-state index in [1.54, 1.807) is 0 Å². The lowest BCUT2D eigenvalue weighted by atomic mass is 9.88. The number of aryl methyl sites for hydroxylation is 1. The topological polar surface area (TPSA) is 38.7 Å². The van der Waals surface area contributed by atoms with Crippen molar-refractivity contribution in [3.8, 4) is 5.75 Å². The molecule has 0 aliphatic heterocycles. The van der Waals surface area contributed by atoms with Gasteiger partial charge in [-0.05, 0) is 43.0 Å². The number of rotatable bonds is 5. The van der Waals surface area contributed by atoms with E-state index in [1.807, 2.05) is 13.0 Å². The first-order valence-electron chi connectivity index (χ1n) is 7.09. The molecule has 1 aromatic rings. The van der Waals surface area contributed by atoms with Crippen LogP contribution >= 0.6 is 0 Å². The monoisotopic (exact) mass is 264 g/mol. The second-order valence-electron chi connectivity index (χ2n) is 5.55. The van der Waals surface area contributed by atoms with E-state index in [-0.39, 0.29) is 18.3 Å². The second kappa shape index (κ2) is 5.93. The summed E-state index contributed by atoms with van der Waals surface area (Å²) in [5, 5.41) is 9.65. The van der Waals surface area contributed by atoms with Crippen molar-refractivity contribution in [2.45, 2.75) is 58.3 Å². The van der Waals surface area contributed by atoms with Gasteiger partial charge in [0, 0.05) is 13.0 Å². The van der Waals surface area contributed by atoms with Crippen molar-refractivity contribution in [1.29, 1.82) is 0 Å². The van der Waals surface area contributed by atoms with Crippen LogP contribution in [0.4, 0.5) is 0 Å². The summed E-state index contributed by atoms with van der Waals surface area (Å²) in [4.78, 5) is 0. The maximum Gasteiger partial charge on any atom is 0.130 e. The Hall–Kier alpha value is -1.06. The Kier molecular flexibility index (Phi) is 4.48. The molecule has 3 unspecified atom stereocenters. The van der Waals surface area contributed by atoms with Gasteiger partial charge in [0.2, 0.25) is 0 Å². The van der Waals surface area contributed by atoms with Crippen LogP contribution in [0.2, 0.25) is 0 Å². The fourth-order valence-electron chi connectivity index (χ4n) is 2.63. The second-order valence-corrected chi connectivity index (χ2v) is 5.55. The standard InChI is InChI=1S/C16H24O3/c1-5-18-16-14(17)9-15(16)19-12-6-7-13(10(2)3)11(4)8-12/h6-8,10,14-17H,5,9H2,1-4H3. The van der Waals surface area contributed by atoms with Crippen LogP contribution < -0.4 is 4.74 Å². The largest absolute Gasteiger partial charge is 0.488 e. The Morgan fingerprint density at radius 1 is 1.37 bits per heavy atom. The maximum absolute atomic E-state index is 9.65. The van der Waals surface area contributed by atoms with Crippen molar-refractivity contribution in [3.63, 3.8) is 0 Å². The molecule has 0 amide bonds. The molecule has 0 bridgehead atoms. The molecule has 1 N–H and O–H groups in total. The minimum absolute atomic E-state index is 0.0285. The number of aliphatic hydroxyl groups excluding tert-OH is 1. The van der Waals surface area contributed by atoms with Crippen molar-refractivity contribution < 1.29 is 14.6 Å². The molecular weight excluding hydrogens is 240 g/mol. The first kappa shape index (κ1) is 14.4.